The molecule has 0 saturated carbocycles. The SMILES string of the molecule is CN(C)c1ccc(CNC(=O)C2CCCN(S(=O)(=O)Cc3ccc(Cl)cc3)C2)cc1. The van der Waals surface area contributed by atoms with Gasteiger partial charge < -0.3 is 10.2 Å². The van der Waals surface area contributed by atoms with Gasteiger partial charge >= 0.3 is 0 Å². The van der Waals surface area contributed by atoms with Crippen molar-refractivity contribution in [1.82, 2.24) is 9.62 Å². The van der Waals surface area contributed by atoms with E-state index >= 15 is 0 Å². The smallest absolute Gasteiger partial charge is 0.224 e. The lowest BCUT2D eigenvalue weighted by atomic mass is 9.99. The molecule has 1 atom stereocenters. The Balaban J connectivity index is 1.56. The van der Waals surface area contributed by atoms with Crippen LogP contribution in [0.25, 0.3) is 0 Å². The maximum atomic E-state index is 12.8. The quantitative estimate of drug-likeness (QED) is 0.704. The third-order valence-corrected chi connectivity index (χ3v) is 7.40. The van der Waals surface area contributed by atoms with E-state index in [2.05, 4.69) is 5.32 Å². The number of anilines is 1. The lowest BCUT2D eigenvalue weighted by Gasteiger charge is -2.31. The van der Waals surface area contributed by atoms with Gasteiger partial charge in [0.1, 0.15) is 0 Å². The lowest BCUT2D eigenvalue weighted by molar-refractivity contribution is -0.126. The average Bonchev–Trinajstić information content (AvgIpc) is 2.74. The molecule has 1 saturated heterocycles. The molecule has 0 radical (unpaired) electrons. The molecule has 2 aromatic rings. The van der Waals surface area contributed by atoms with E-state index in [9.17, 15) is 13.2 Å². The highest BCUT2D eigenvalue weighted by Crippen LogP contribution is 2.22. The second-order valence-corrected chi connectivity index (χ2v) is 10.3. The van der Waals surface area contributed by atoms with Gasteiger partial charge in [0.05, 0.1) is 11.7 Å². The van der Waals surface area contributed by atoms with E-state index in [1.165, 1.54) is 4.31 Å². The van der Waals surface area contributed by atoms with E-state index < -0.39 is 10.0 Å². The number of sulfonamides is 1. The summed E-state index contributed by atoms with van der Waals surface area (Å²) in [5, 5.41) is 3.53. The van der Waals surface area contributed by atoms with Crippen LogP contribution in [0.5, 0.6) is 0 Å². The van der Waals surface area contributed by atoms with Crippen molar-refractivity contribution in [2.75, 3.05) is 32.1 Å². The van der Waals surface area contributed by atoms with Crippen LogP contribution in [0.3, 0.4) is 0 Å². The molecule has 1 aliphatic rings. The zero-order valence-corrected chi connectivity index (χ0v) is 18.9. The van der Waals surface area contributed by atoms with Crippen LogP contribution < -0.4 is 10.2 Å². The molecule has 30 heavy (non-hydrogen) atoms. The van der Waals surface area contributed by atoms with Gasteiger partial charge in [-0.05, 0) is 48.2 Å². The molecular weight excluding hydrogens is 422 g/mol. The lowest BCUT2D eigenvalue weighted by Crippen LogP contribution is -2.45. The number of nitrogens with one attached hydrogen (secondary N) is 1. The highest BCUT2D eigenvalue weighted by Gasteiger charge is 2.32. The van der Waals surface area contributed by atoms with Crippen molar-refractivity contribution in [1.29, 1.82) is 0 Å². The number of piperidine rings is 1. The monoisotopic (exact) mass is 449 g/mol. The molecule has 2 aromatic carbocycles. The highest BCUT2D eigenvalue weighted by molar-refractivity contribution is 7.88. The Morgan fingerprint density at radius 1 is 1.10 bits per heavy atom. The van der Waals surface area contributed by atoms with Crippen LogP contribution in [-0.4, -0.2) is 45.8 Å². The van der Waals surface area contributed by atoms with E-state index in [4.69, 9.17) is 11.6 Å². The van der Waals surface area contributed by atoms with Gasteiger partial charge in [0.25, 0.3) is 0 Å². The van der Waals surface area contributed by atoms with E-state index in [-0.39, 0.29) is 24.1 Å². The van der Waals surface area contributed by atoms with Crippen molar-refractivity contribution in [3.8, 4) is 0 Å². The summed E-state index contributed by atoms with van der Waals surface area (Å²) < 4.78 is 27.1. The summed E-state index contributed by atoms with van der Waals surface area (Å²) in [6.07, 6.45) is 1.37. The number of halogens is 1. The van der Waals surface area contributed by atoms with Crippen LogP contribution >= 0.6 is 11.6 Å². The maximum absolute atomic E-state index is 12.8. The minimum Gasteiger partial charge on any atom is -0.378 e. The number of benzene rings is 2. The number of nitrogens with zero attached hydrogens (tertiary/aromatic N) is 2. The largest absolute Gasteiger partial charge is 0.378 e. The van der Waals surface area contributed by atoms with Crippen LogP contribution in [0.2, 0.25) is 5.02 Å². The third kappa shape index (κ3) is 5.97. The molecule has 0 aromatic heterocycles. The summed E-state index contributed by atoms with van der Waals surface area (Å²) in [4.78, 5) is 14.7. The first-order chi connectivity index (χ1) is 14.2. The van der Waals surface area contributed by atoms with Crippen LogP contribution in [0, 0.1) is 5.92 Å². The Labute approximate surface area is 183 Å². The van der Waals surface area contributed by atoms with Crippen LogP contribution in [-0.2, 0) is 27.1 Å². The number of rotatable bonds is 7. The van der Waals surface area contributed by atoms with Gasteiger partial charge in [0, 0.05) is 44.4 Å². The van der Waals surface area contributed by atoms with Gasteiger partial charge in [-0.1, -0.05) is 35.9 Å². The topological polar surface area (TPSA) is 69.7 Å². The predicted octanol–water partition coefficient (Wildman–Crippen LogP) is 3.26. The molecule has 1 unspecified atom stereocenters. The van der Waals surface area contributed by atoms with E-state index in [0.29, 0.717) is 36.5 Å². The Morgan fingerprint density at radius 2 is 1.73 bits per heavy atom. The van der Waals surface area contributed by atoms with E-state index in [1.54, 1.807) is 24.3 Å². The van der Waals surface area contributed by atoms with Gasteiger partial charge in [-0.25, -0.2) is 12.7 Å². The zero-order valence-electron chi connectivity index (χ0n) is 17.3. The standard InChI is InChI=1S/C22H28ClN3O3S/c1-25(2)21-11-7-17(8-12-21)14-24-22(27)19-4-3-13-26(15-19)30(28,29)16-18-5-9-20(23)10-6-18/h5-12,19H,3-4,13-16H2,1-2H3,(H,24,27). The van der Waals surface area contributed by atoms with Gasteiger partial charge in [0.15, 0.2) is 0 Å². The second-order valence-electron chi connectivity index (χ2n) is 7.86. The number of carbonyl (C=O) groups is 1. The summed E-state index contributed by atoms with van der Waals surface area (Å²) in [5.41, 5.74) is 2.79. The minimum absolute atomic E-state index is 0.0866. The Kier molecular flexibility index (Phi) is 7.39. The number of amides is 1. The van der Waals surface area contributed by atoms with Gasteiger partial charge in [-0.3, -0.25) is 4.79 Å². The fraction of sp³-hybridized carbons (Fsp3) is 0.409. The molecule has 1 amide bonds. The van der Waals surface area contributed by atoms with Crippen molar-refractivity contribution in [2.24, 2.45) is 5.92 Å². The van der Waals surface area contributed by atoms with E-state index in [1.807, 2.05) is 43.3 Å². The molecule has 8 heteroatoms. The fourth-order valence-electron chi connectivity index (χ4n) is 3.54. The molecule has 3 rings (SSSR count). The van der Waals surface area contributed by atoms with Crippen molar-refractivity contribution in [3.05, 3.63) is 64.7 Å². The van der Waals surface area contributed by atoms with Gasteiger partial charge in [-0.15, -0.1) is 0 Å². The van der Waals surface area contributed by atoms with Crippen LogP contribution in [0.15, 0.2) is 48.5 Å². The fourth-order valence-corrected chi connectivity index (χ4v) is 5.27. The first-order valence-electron chi connectivity index (χ1n) is 10.0. The Hall–Kier alpha value is -2.09. The van der Waals surface area contributed by atoms with Crippen molar-refractivity contribution in [3.63, 3.8) is 0 Å². The molecule has 0 aliphatic carbocycles. The van der Waals surface area contributed by atoms with E-state index in [0.717, 1.165) is 11.3 Å². The van der Waals surface area contributed by atoms with Gasteiger partial charge in [-0.2, -0.15) is 0 Å². The molecule has 1 heterocycles. The third-order valence-electron chi connectivity index (χ3n) is 5.33. The summed E-state index contributed by atoms with van der Waals surface area (Å²) in [6, 6.07) is 14.8. The number of hydrogen-bond acceptors (Lipinski definition) is 4. The zero-order chi connectivity index (χ0) is 21.7. The van der Waals surface area contributed by atoms with Crippen LogP contribution in [0.1, 0.15) is 24.0 Å². The second kappa shape index (κ2) is 9.81. The summed E-state index contributed by atoms with van der Waals surface area (Å²) in [6.45, 7) is 1.10. The molecule has 1 N–H and O–H groups in total. The molecule has 1 fully saturated rings. The summed E-state index contributed by atoms with van der Waals surface area (Å²) in [7, 11) is 0.467. The Morgan fingerprint density at radius 3 is 2.37 bits per heavy atom. The average molecular weight is 450 g/mol. The van der Waals surface area contributed by atoms with Crippen molar-refractivity contribution >= 4 is 33.2 Å². The highest BCUT2D eigenvalue weighted by atomic mass is 35.5. The maximum Gasteiger partial charge on any atom is 0.224 e. The van der Waals surface area contributed by atoms with Crippen LogP contribution in [0.4, 0.5) is 5.69 Å². The molecular formula is C22H28ClN3O3S. The number of hydrogen-bond donors (Lipinski definition) is 1. The van der Waals surface area contributed by atoms with Gasteiger partial charge in [0.2, 0.25) is 15.9 Å². The molecule has 0 bridgehead atoms. The number of carbonyl (C=O) groups excluding carboxylic acids is 1. The molecule has 6 nitrogen and oxygen atoms in total. The molecule has 0 spiro atoms. The summed E-state index contributed by atoms with van der Waals surface area (Å²) >= 11 is 5.87. The first-order valence-corrected chi connectivity index (χ1v) is 12.0. The van der Waals surface area contributed by atoms with Crippen molar-refractivity contribution < 1.29 is 13.2 Å². The Bertz CT molecular complexity index is 960. The predicted molar refractivity (Wildman–Crippen MR) is 121 cm³/mol. The molecule has 162 valence electrons. The summed E-state index contributed by atoms with van der Waals surface area (Å²) in [5.74, 6) is -0.519. The minimum atomic E-state index is -3.49. The first kappa shape index (κ1) is 22.6. The van der Waals surface area contributed by atoms with Crippen molar-refractivity contribution in [2.45, 2.75) is 25.1 Å². The normalized spacial score (nSPS) is 17.5. The molecule has 1 aliphatic heterocycles.